The zero-order valence-electron chi connectivity index (χ0n) is 10.1. The lowest BCUT2D eigenvalue weighted by molar-refractivity contribution is -0.384. The number of hydrogen-bond acceptors (Lipinski definition) is 5. The van der Waals surface area contributed by atoms with Crippen molar-refractivity contribution in [1.82, 2.24) is 0 Å². The highest BCUT2D eigenvalue weighted by Gasteiger charge is 2.17. The molecular formula is C11H16N2O4. The van der Waals surface area contributed by atoms with E-state index < -0.39 is 11.2 Å². The molecule has 0 aliphatic rings. The van der Waals surface area contributed by atoms with Gasteiger partial charge in [-0.3, -0.25) is 10.1 Å². The molecule has 6 nitrogen and oxygen atoms in total. The summed E-state index contributed by atoms with van der Waals surface area (Å²) in [6.45, 7) is 2.05. The van der Waals surface area contributed by atoms with E-state index in [1.807, 2.05) is 0 Å². The number of nitro groups is 1. The molecule has 0 aliphatic carbocycles. The first-order chi connectivity index (χ1) is 8.10. The van der Waals surface area contributed by atoms with Gasteiger partial charge in [-0.2, -0.15) is 0 Å². The number of rotatable bonds is 6. The van der Waals surface area contributed by atoms with Gasteiger partial charge in [0.25, 0.3) is 5.69 Å². The molecule has 17 heavy (non-hydrogen) atoms. The number of ether oxygens (including phenoxy) is 2. The van der Waals surface area contributed by atoms with E-state index in [2.05, 4.69) is 5.32 Å². The smallest absolute Gasteiger partial charge is 0.295 e. The lowest BCUT2D eigenvalue weighted by atomic mass is 10.1. The van der Waals surface area contributed by atoms with Gasteiger partial charge < -0.3 is 14.8 Å². The highest BCUT2D eigenvalue weighted by Crippen LogP contribution is 2.27. The molecule has 0 unspecified atom stereocenters. The van der Waals surface area contributed by atoms with Crippen LogP contribution in [0.5, 0.6) is 0 Å². The summed E-state index contributed by atoms with van der Waals surface area (Å²) in [4.78, 5) is 10.5. The number of hydrogen-bond donors (Lipinski definition) is 1. The van der Waals surface area contributed by atoms with Crippen LogP contribution in [0.4, 0.5) is 11.4 Å². The first kappa shape index (κ1) is 13.4. The lowest BCUT2D eigenvalue weighted by Crippen LogP contribution is -2.24. The summed E-state index contributed by atoms with van der Waals surface area (Å²) in [6.07, 6.45) is -0.435. The Balaban J connectivity index is 2.84. The molecule has 0 radical (unpaired) electrons. The van der Waals surface area contributed by atoms with Gasteiger partial charge in [0, 0.05) is 19.8 Å². The van der Waals surface area contributed by atoms with Crippen LogP contribution in [0.3, 0.4) is 0 Å². The number of nitrogens with one attached hydrogen (secondary N) is 1. The molecule has 0 aliphatic heterocycles. The minimum Gasteiger partial charge on any atom is -0.374 e. The Morgan fingerprint density at radius 3 is 2.59 bits per heavy atom. The van der Waals surface area contributed by atoms with Crippen LogP contribution < -0.4 is 5.32 Å². The van der Waals surface area contributed by atoms with Gasteiger partial charge in [-0.25, -0.2) is 0 Å². The van der Waals surface area contributed by atoms with E-state index in [0.717, 1.165) is 0 Å². The SMILES string of the molecule is COC(CNc1cccc(C)c1[N+](=O)[O-])OC. The topological polar surface area (TPSA) is 73.6 Å². The van der Waals surface area contributed by atoms with Gasteiger partial charge in [0.05, 0.1) is 11.5 Å². The molecule has 0 fully saturated rings. The van der Waals surface area contributed by atoms with E-state index in [4.69, 9.17) is 9.47 Å². The summed E-state index contributed by atoms with van der Waals surface area (Å²) in [5.41, 5.74) is 1.17. The predicted molar refractivity (Wildman–Crippen MR) is 64.1 cm³/mol. The fourth-order valence-electron chi connectivity index (χ4n) is 1.50. The molecule has 1 aromatic rings. The number of nitrogens with zero attached hydrogens (tertiary/aromatic N) is 1. The number of para-hydroxylation sites is 1. The number of benzene rings is 1. The van der Waals surface area contributed by atoms with Crippen molar-refractivity contribution in [2.45, 2.75) is 13.2 Å². The van der Waals surface area contributed by atoms with Crippen molar-refractivity contribution >= 4 is 11.4 Å². The molecule has 0 aromatic heterocycles. The van der Waals surface area contributed by atoms with Crippen molar-refractivity contribution in [3.63, 3.8) is 0 Å². The summed E-state index contributed by atoms with van der Waals surface area (Å²) in [5.74, 6) is 0. The maximum atomic E-state index is 10.9. The Morgan fingerprint density at radius 1 is 1.41 bits per heavy atom. The molecule has 0 heterocycles. The molecule has 0 atom stereocenters. The van der Waals surface area contributed by atoms with Crippen LogP contribution in [-0.2, 0) is 9.47 Å². The Hall–Kier alpha value is -1.66. The van der Waals surface area contributed by atoms with Crippen LogP contribution >= 0.6 is 0 Å². The van der Waals surface area contributed by atoms with E-state index in [1.165, 1.54) is 14.2 Å². The minimum atomic E-state index is -0.435. The third kappa shape index (κ3) is 3.40. The molecule has 1 rings (SSSR count). The Kier molecular flexibility index (Phi) is 4.86. The lowest BCUT2D eigenvalue weighted by Gasteiger charge is -2.15. The normalized spacial score (nSPS) is 10.6. The second kappa shape index (κ2) is 6.17. The number of nitro benzene ring substituents is 1. The van der Waals surface area contributed by atoms with Crippen LogP contribution in [0.15, 0.2) is 18.2 Å². The van der Waals surface area contributed by atoms with Gasteiger partial charge in [-0.15, -0.1) is 0 Å². The molecule has 0 bridgehead atoms. The molecule has 94 valence electrons. The first-order valence-corrected chi connectivity index (χ1v) is 5.13. The number of methoxy groups -OCH3 is 2. The van der Waals surface area contributed by atoms with Gasteiger partial charge in [0.2, 0.25) is 0 Å². The van der Waals surface area contributed by atoms with Crippen LogP contribution in [0.25, 0.3) is 0 Å². The Labute approximate surface area is 99.7 Å². The summed E-state index contributed by atoms with van der Waals surface area (Å²) < 4.78 is 9.99. The fraction of sp³-hybridized carbons (Fsp3) is 0.455. The maximum Gasteiger partial charge on any atom is 0.295 e. The summed E-state index contributed by atoms with van der Waals surface area (Å²) in [5, 5.41) is 13.9. The summed E-state index contributed by atoms with van der Waals surface area (Å²) in [6, 6.07) is 5.13. The third-order valence-corrected chi connectivity index (χ3v) is 2.41. The van der Waals surface area contributed by atoms with Crippen LogP contribution in [0, 0.1) is 17.0 Å². The molecule has 0 saturated heterocycles. The fourth-order valence-corrected chi connectivity index (χ4v) is 1.50. The quantitative estimate of drug-likeness (QED) is 0.467. The van der Waals surface area contributed by atoms with Gasteiger partial charge in [0.1, 0.15) is 5.69 Å². The van der Waals surface area contributed by atoms with Gasteiger partial charge >= 0.3 is 0 Å². The van der Waals surface area contributed by atoms with E-state index in [-0.39, 0.29) is 5.69 Å². The van der Waals surface area contributed by atoms with Crippen LogP contribution in [0.2, 0.25) is 0 Å². The predicted octanol–water partition coefficient (Wildman–Crippen LogP) is 1.93. The zero-order chi connectivity index (χ0) is 12.8. The molecular weight excluding hydrogens is 224 g/mol. The number of anilines is 1. The Bertz CT molecular complexity index is 391. The average molecular weight is 240 g/mol. The van der Waals surface area contributed by atoms with E-state index in [1.54, 1.807) is 25.1 Å². The largest absolute Gasteiger partial charge is 0.374 e. The third-order valence-electron chi connectivity index (χ3n) is 2.41. The van der Waals surface area contributed by atoms with Gasteiger partial charge in [0.15, 0.2) is 6.29 Å². The molecule has 1 N–H and O–H groups in total. The second-order valence-corrected chi connectivity index (χ2v) is 3.51. The first-order valence-electron chi connectivity index (χ1n) is 5.13. The monoisotopic (exact) mass is 240 g/mol. The zero-order valence-corrected chi connectivity index (χ0v) is 10.1. The molecule has 0 saturated carbocycles. The second-order valence-electron chi connectivity index (χ2n) is 3.51. The summed E-state index contributed by atoms with van der Waals surface area (Å²) >= 11 is 0. The highest BCUT2D eigenvalue weighted by molar-refractivity contribution is 5.64. The average Bonchev–Trinajstić information content (AvgIpc) is 2.29. The van der Waals surface area contributed by atoms with Crippen molar-refractivity contribution in [1.29, 1.82) is 0 Å². The van der Waals surface area contributed by atoms with Gasteiger partial charge in [-0.1, -0.05) is 12.1 Å². The van der Waals surface area contributed by atoms with Crippen LogP contribution in [-0.4, -0.2) is 32.0 Å². The molecule has 6 heteroatoms. The standard InChI is InChI=1S/C11H16N2O4/c1-8-5-4-6-9(11(8)13(14)15)12-7-10(16-2)17-3/h4-6,10,12H,7H2,1-3H3. The van der Waals surface area contributed by atoms with Crippen molar-refractivity contribution in [3.05, 3.63) is 33.9 Å². The van der Waals surface area contributed by atoms with Crippen molar-refractivity contribution < 1.29 is 14.4 Å². The van der Waals surface area contributed by atoms with Crippen molar-refractivity contribution in [3.8, 4) is 0 Å². The van der Waals surface area contributed by atoms with E-state index >= 15 is 0 Å². The van der Waals surface area contributed by atoms with Gasteiger partial charge in [-0.05, 0) is 13.0 Å². The number of aryl methyl sites for hydroxylation is 1. The minimum absolute atomic E-state index is 0.0819. The molecule has 0 amide bonds. The maximum absolute atomic E-state index is 10.9. The summed E-state index contributed by atoms with van der Waals surface area (Å²) in [7, 11) is 3.03. The molecule has 0 spiro atoms. The molecule has 1 aromatic carbocycles. The van der Waals surface area contributed by atoms with E-state index in [0.29, 0.717) is 17.8 Å². The highest BCUT2D eigenvalue weighted by atomic mass is 16.7. The van der Waals surface area contributed by atoms with Crippen LogP contribution in [0.1, 0.15) is 5.56 Å². The van der Waals surface area contributed by atoms with Crippen molar-refractivity contribution in [2.24, 2.45) is 0 Å². The Morgan fingerprint density at radius 2 is 2.06 bits per heavy atom. The van der Waals surface area contributed by atoms with E-state index in [9.17, 15) is 10.1 Å². The van der Waals surface area contributed by atoms with Crippen molar-refractivity contribution in [2.75, 3.05) is 26.1 Å².